The molecule has 1 saturated carbocycles. The average Bonchev–Trinajstić information content (AvgIpc) is 2.51. The van der Waals surface area contributed by atoms with Crippen LogP contribution in [-0.4, -0.2) is 61.7 Å². The van der Waals surface area contributed by atoms with E-state index in [-0.39, 0.29) is 0 Å². The molecule has 0 spiro atoms. The van der Waals surface area contributed by atoms with E-state index in [1.54, 1.807) is 0 Å². The molecule has 19 heavy (non-hydrogen) atoms. The first-order chi connectivity index (χ1) is 9.22. The molecule has 1 aliphatic heterocycles. The first-order valence-electron chi connectivity index (χ1n) is 8.34. The Bertz CT molecular complexity index is 256. The van der Waals surface area contributed by atoms with Crippen molar-refractivity contribution in [1.29, 1.82) is 0 Å². The van der Waals surface area contributed by atoms with Crippen LogP contribution in [0.15, 0.2) is 0 Å². The topological polar surface area (TPSA) is 18.5 Å². The predicted molar refractivity (Wildman–Crippen MR) is 82.6 cm³/mol. The average molecular weight is 267 g/mol. The second-order valence-electron chi connectivity index (χ2n) is 6.66. The Labute approximate surface area is 119 Å². The lowest BCUT2D eigenvalue weighted by Gasteiger charge is -2.41. The largest absolute Gasteiger partial charge is 0.315 e. The maximum absolute atomic E-state index is 3.62. The van der Waals surface area contributed by atoms with Crippen molar-refractivity contribution in [2.45, 2.75) is 70.0 Å². The molecule has 3 unspecified atom stereocenters. The number of rotatable bonds is 2. The molecule has 112 valence electrons. The van der Waals surface area contributed by atoms with Gasteiger partial charge >= 0.3 is 0 Å². The molecule has 0 radical (unpaired) electrons. The van der Waals surface area contributed by atoms with Gasteiger partial charge in [0, 0.05) is 31.2 Å². The summed E-state index contributed by atoms with van der Waals surface area (Å²) in [5, 5.41) is 3.62. The summed E-state index contributed by atoms with van der Waals surface area (Å²) in [5.74, 6) is 0. The number of nitrogens with one attached hydrogen (secondary N) is 1. The smallest absolute Gasteiger partial charge is 0.0252 e. The summed E-state index contributed by atoms with van der Waals surface area (Å²) in [7, 11) is 4.43. The van der Waals surface area contributed by atoms with E-state index in [0.29, 0.717) is 12.1 Å². The minimum Gasteiger partial charge on any atom is -0.315 e. The fraction of sp³-hybridized carbons (Fsp3) is 1.00. The molecule has 0 amide bonds. The van der Waals surface area contributed by atoms with Crippen molar-refractivity contribution in [2.75, 3.05) is 33.7 Å². The Hall–Kier alpha value is -0.120. The monoisotopic (exact) mass is 267 g/mol. The van der Waals surface area contributed by atoms with Crippen LogP contribution in [0.1, 0.15) is 51.9 Å². The number of hydrogen-bond donors (Lipinski definition) is 1. The van der Waals surface area contributed by atoms with Gasteiger partial charge in [0.2, 0.25) is 0 Å². The van der Waals surface area contributed by atoms with E-state index in [1.807, 2.05) is 0 Å². The molecule has 0 aromatic heterocycles. The highest BCUT2D eigenvalue weighted by Gasteiger charge is 2.31. The summed E-state index contributed by atoms with van der Waals surface area (Å²) in [6.45, 7) is 6.20. The van der Waals surface area contributed by atoms with Crippen LogP contribution in [0.2, 0.25) is 0 Å². The molecule has 0 aromatic carbocycles. The first kappa shape index (κ1) is 15.3. The molecule has 3 atom stereocenters. The summed E-state index contributed by atoms with van der Waals surface area (Å²) in [6.07, 6.45) is 9.78. The Morgan fingerprint density at radius 3 is 2.42 bits per heavy atom. The van der Waals surface area contributed by atoms with Crippen molar-refractivity contribution in [1.82, 2.24) is 15.1 Å². The van der Waals surface area contributed by atoms with Gasteiger partial charge in [-0.25, -0.2) is 0 Å². The molecule has 1 heterocycles. The molecule has 3 nitrogen and oxygen atoms in total. The molecule has 2 aliphatic rings. The first-order valence-corrected chi connectivity index (χ1v) is 8.34. The highest BCUT2D eigenvalue weighted by Crippen LogP contribution is 2.25. The summed E-state index contributed by atoms with van der Waals surface area (Å²) >= 11 is 0. The van der Waals surface area contributed by atoms with Gasteiger partial charge in [0.05, 0.1) is 0 Å². The minimum absolute atomic E-state index is 0.700. The van der Waals surface area contributed by atoms with Crippen LogP contribution >= 0.6 is 0 Å². The second kappa shape index (κ2) is 7.61. The lowest BCUT2D eigenvalue weighted by atomic mass is 9.90. The Kier molecular flexibility index (Phi) is 6.11. The van der Waals surface area contributed by atoms with Gasteiger partial charge in [0.1, 0.15) is 0 Å². The third kappa shape index (κ3) is 4.17. The summed E-state index contributed by atoms with van der Waals surface area (Å²) < 4.78 is 0. The number of likely N-dealkylation sites (N-methyl/N-ethyl adjacent to an activating group) is 2. The molecular weight excluding hydrogens is 234 g/mol. The summed E-state index contributed by atoms with van der Waals surface area (Å²) in [5.41, 5.74) is 0. The zero-order chi connectivity index (χ0) is 13.7. The second-order valence-corrected chi connectivity index (χ2v) is 6.66. The highest BCUT2D eigenvalue weighted by atomic mass is 15.3. The molecule has 1 N–H and O–H groups in total. The van der Waals surface area contributed by atoms with Gasteiger partial charge in [-0.1, -0.05) is 25.7 Å². The normalized spacial score (nSPS) is 36.5. The van der Waals surface area contributed by atoms with E-state index in [1.165, 1.54) is 64.6 Å². The van der Waals surface area contributed by atoms with Crippen molar-refractivity contribution in [3.63, 3.8) is 0 Å². The highest BCUT2D eigenvalue weighted by molar-refractivity contribution is 4.89. The third-order valence-corrected chi connectivity index (χ3v) is 5.12. The lowest BCUT2D eigenvalue weighted by molar-refractivity contribution is 0.0981. The Morgan fingerprint density at radius 1 is 0.947 bits per heavy atom. The summed E-state index contributed by atoms with van der Waals surface area (Å²) in [4.78, 5) is 5.32. The van der Waals surface area contributed by atoms with Crippen molar-refractivity contribution >= 4 is 0 Å². The van der Waals surface area contributed by atoms with Gasteiger partial charge in [0.25, 0.3) is 0 Å². The van der Waals surface area contributed by atoms with Crippen molar-refractivity contribution in [3.8, 4) is 0 Å². The zero-order valence-electron chi connectivity index (χ0n) is 13.2. The van der Waals surface area contributed by atoms with E-state index >= 15 is 0 Å². The van der Waals surface area contributed by atoms with E-state index < -0.39 is 0 Å². The van der Waals surface area contributed by atoms with Gasteiger partial charge in [-0.05, 0) is 46.8 Å². The Balaban J connectivity index is 2.05. The van der Waals surface area contributed by atoms with E-state index in [9.17, 15) is 0 Å². The van der Waals surface area contributed by atoms with E-state index in [4.69, 9.17) is 0 Å². The van der Waals surface area contributed by atoms with Gasteiger partial charge < -0.3 is 10.2 Å². The zero-order valence-corrected chi connectivity index (χ0v) is 13.2. The molecule has 2 rings (SSSR count). The SMILES string of the molecule is CNC1CCCCCCC1N1CCCN(C)CC1C. The van der Waals surface area contributed by atoms with E-state index in [0.717, 1.165) is 6.04 Å². The quantitative estimate of drug-likeness (QED) is 0.828. The molecule has 0 bridgehead atoms. The van der Waals surface area contributed by atoms with Crippen LogP contribution in [0, 0.1) is 0 Å². The van der Waals surface area contributed by atoms with Gasteiger partial charge in [0.15, 0.2) is 0 Å². The fourth-order valence-corrected chi connectivity index (χ4v) is 4.08. The molecule has 3 heteroatoms. The molecule has 1 saturated heterocycles. The Morgan fingerprint density at radius 2 is 1.68 bits per heavy atom. The third-order valence-electron chi connectivity index (χ3n) is 5.12. The van der Waals surface area contributed by atoms with Crippen LogP contribution in [0.5, 0.6) is 0 Å². The van der Waals surface area contributed by atoms with Crippen LogP contribution in [-0.2, 0) is 0 Å². The number of hydrogen-bond acceptors (Lipinski definition) is 3. The van der Waals surface area contributed by atoms with E-state index in [2.05, 4.69) is 36.1 Å². The van der Waals surface area contributed by atoms with Gasteiger partial charge in [-0.15, -0.1) is 0 Å². The molecular formula is C16H33N3. The summed E-state index contributed by atoms with van der Waals surface area (Å²) in [6, 6.07) is 2.16. The van der Waals surface area contributed by atoms with Crippen LogP contribution < -0.4 is 5.32 Å². The van der Waals surface area contributed by atoms with Crippen molar-refractivity contribution in [3.05, 3.63) is 0 Å². The standard InChI is InChI=1S/C16H33N3/c1-14-13-18(3)11-8-12-19(14)16-10-7-5-4-6-9-15(16)17-2/h14-17H,4-13H2,1-3H3. The lowest BCUT2D eigenvalue weighted by Crippen LogP contribution is -2.53. The van der Waals surface area contributed by atoms with Crippen LogP contribution in [0.25, 0.3) is 0 Å². The predicted octanol–water partition coefficient (Wildman–Crippen LogP) is 2.32. The number of nitrogens with zero attached hydrogens (tertiary/aromatic N) is 2. The van der Waals surface area contributed by atoms with Gasteiger partial charge in [-0.3, -0.25) is 4.90 Å². The van der Waals surface area contributed by atoms with Crippen LogP contribution in [0.4, 0.5) is 0 Å². The minimum atomic E-state index is 0.700. The molecule has 2 fully saturated rings. The van der Waals surface area contributed by atoms with Crippen molar-refractivity contribution in [2.24, 2.45) is 0 Å². The van der Waals surface area contributed by atoms with Crippen molar-refractivity contribution < 1.29 is 0 Å². The molecule has 1 aliphatic carbocycles. The van der Waals surface area contributed by atoms with Gasteiger partial charge in [-0.2, -0.15) is 0 Å². The maximum Gasteiger partial charge on any atom is 0.0252 e. The van der Waals surface area contributed by atoms with Crippen LogP contribution in [0.3, 0.4) is 0 Å². The maximum atomic E-state index is 3.62. The fourth-order valence-electron chi connectivity index (χ4n) is 4.08. The molecule has 0 aromatic rings.